The van der Waals surface area contributed by atoms with Crippen molar-refractivity contribution in [3.05, 3.63) is 90.3 Å². The van der Waals surface area contributed by atoms with Gasteiger partial charge in [0.25, 0.3) is 5.91 Å². The summed E-state index contributed by atoms with van der Waals surface area (Å²) in [4.78, 5) is 34.0. The molecule has 4 atom stereocenters. The van der Waals surface area contributed by atoms with Gasteiger partial charge in [-0.05, 0) is 82.8 Å². The van der Waals surface area contributed by atoms with Gasteiger partial charge in [0.1, 0.15) is 5.75 Å². The molecule has 0 bridgehead atoms. The molecule has 2 amide bonds. The van der Waals surface area contributed by atoms with Crippen LogP contribution in [0.4, 0.5) is 0 Å². The number of aromatic nitrogens is 1. The number of aryl methyl sites for hydroxylation is 1. The number of hydrogen-bond acceptors (Lipinski definition) is 7. The maximum Gasteiger partial charge on any atom is 0.258 e. The number of nitrogens with one attached hydrogen (secondary N) is 2. The van der Waals surface area contributed by atoms with Crippen molar-refractivity contribution in [3.8, 4) is 5.75 Å². The summed E-state index contributed by atoms with van der Waals surface area (Å²) in [6.45, 7) is 8.51. The molecule has 0 spiro atoms. The molecule has 2 heterocycles. The number of amides is 2. The summed E-state index contributed by atoms with van der Waals surface area (Å²) in [5, 5.41) is 18.3. The summed E-state index contributed by atoms with van der Waals surface area (Å²) in [6.07, 6.45) is 4.63. The van der Waals surface area contributed by atoms with Crippen LogP contribution in [0.5, 0.6) is 5.75 Å². The average Bonchev–Trinajstić information content (AvgIpc) is 2.99. The number of nitrogens with zero attached hydrogens (tertiary/aromatic N) is 2. The van der Waals surface area contributed by atoms with Gasteiger partial charge in [-0.1, -0.05) is 48.5 Å². The maximum atomic E-state index is 14.0. The lowest BCUT2D eigenvalue weighted by Gasteiger charge is -2.42. The van der Waals surface area contributed by atoms with Crippen LogP contribution in [0.2, 0.25) is 0 Å². The Morgan fingerprint density at radius 2 is 1.79 bits per heavy atom. The van der Waals surface area contributed by atoms with Gasteiger partial charge in [-0.15, -0.1) is 11.8 Å². The smallest absolute Gasteiger partial charge is 0.258 e. The van der Waals surface area contributed by atoms with Crippen molar-refractivity contribution >= 4 is 23.6 Å². The minimum absolute atomic E-state index is 0.0424. The number of β-amino-alcohol motifs (C(OH)–C–C–N with tert-alkyl or cyclic N) is 1. The molecule has 0 radical (unpaired) electrons. The number of pyridine rings is 1. The molecule has 1 saturated heterocycles. The molecule has 3 aromatic rings. The van der Waals surface area contributed by atoms with Gasteiger partial charge in [-0.2, -0.15) is 0 Å². The van der Waals surface area contributed by atoms with Crippen molar-refractivity contribution in [1.29, 1.82) is 0 Å². The molecule has 4 rings (SSSR count). The lowest BCUT2D eigenvalue weighted by atomic mass is 9.96. The third-order valence-electron chi connectivity index (χ3n) is 7.61. The number of aliphatic hydroxyl groups is 1. The molecule has 43 heavy (non-hydrogen) atoms. The number of carbonyl (C=O) groups is 2. The molecule has 9 heteroatoms. The topological polar surface area (TPSA) is 104 Å². The van der Waals surface area contributed by atoms with Crippen LogP contribution < -0.4 is 15.4 Å². The molecule has 1 fully saturated rings. The molecule has 1 aromatic heterocycles. The van der Waals surface area contributed by atoms with Crippen LogP contribution in [0.25, 0.3) is 0 Å². The summed E-state index contributed by atoms with van der Waals surface area (Å²) in [6, 6.07) is 20.3. The zero-order valence-corrected chi connectivity index (χ0v) is 26.3. The van der Waals surface area contributed by atoms with Gasteiger partial charge < -0.3 is 25.4 Å². The fourth-order valence-electron chi connectivity index (χ4n) is 5.25. The molecular weight excluding hydrogens is 560 g/mol. The molecule has 0 saturated carbocycles. The zero-order chi connectivity index (χ0) is 30.8. The summed E-state index contributed by atoms with van der Waals surface area (Å²) < 4.78 is 5.76. The second-order valence-electron chi connectivity index (χ2n) is 12.1. The second-order valence-corrected chi connectivity index (χ2v) is 13.4. The van der Waals surface area contributed by atoms with Gasteiger partial charge in [-0.3, -0.25) is 14.6 Å². The number of hydrogen-bond donors (Lipinski definition) is 3. The van der Waals surface area contributed by atoms with Crippen molar-refractivity contribution in [1.82, 2.24) is 20.5 Å². The monoisotopic (exact) mass is 604 g/mol. The second kappa shape index (κ2) is 15.4. The summed E-state index contributed by atoms with van der Waals surface area (Å²) in [5.74, 6) is 0.267. The first-order valence-corrected chi connectivity index (χ1v) is 15.8. The molecular formula is C34H44N4O4S. The highest BCUT2D eigenvalue weighted by Gasteiger charge is 2.37. The molecule has 230 valence electrons. The van der Waals surface area contributed by atoms with E-state index in [0.717, 1.165) is 29.0 Å². The normalized spacial score (nSPS) is 18.3. The van der Waals surface area contributed by atoms with Crippen molar-refractivity contribution in [2.45, 2.75) is 80.8 Å². The molecule has 0 unspecified atom stereocenters. The number of carbonyl (C=O) groups excluding carboxylic acids is 2. The molecule has 1 aliphatic heterocycles. The first-order chi connectivity index (χ1) is 20.6. The number of para-hydroxylation sites is 1. The van der Waals surface area contributed by atoms with Gasteiger partial charge in [-0.25, -0.2) is 0 Å². The Bertz CT molecular complexity index is 1320. The Hall–Kier alpha value is -3.40. The maximum absolute atomic E-state index is 14.0. The van der Waals surface area contributed by atoms with E-state index in [1.807, 2.05) is 94.4 Å². The Balaban J connectivity index is 1.45. The van der Waals surface area contributed by atoms with Crippen molar-refractivity contribution < 1.29 is 19.4 Å². The summed E-state index contributed by atoms with van der Waals surface area (Å²) >= 11 is 1.78. The largest absolute Gasteiger partial charge is 0.484 e. The van der Waals surface area contributed by atoms with E-state index in [4.69, 9.17) is 4.74 Å². The Morgan fingerprint density at radius 1 is 1.09 bits per heavy atom. The van der Waals surface area contributed by atoms with Crippen LogP contribution in [0.1, 0.15) is 44.7 Å². The lowest BCUT2D eigenvalue weighted by molar-refractivity contribution is -0.141. The van der Waals surface area contributed by atoms with Gasteiger partial charge >= 0.3 is 0 Å². The van der Waals surface area contributed by atoms with Crippen LogP contribution in [0.15, 0.2) is 84.0 Å². The molecule has 0 aliphatic carbocycles. The van der Waals surface area contributed by atoms with Gasteiger partial charge in [0.15, 0.2) is 6.61 Å². The van der Waals surface area contributed by atoms with Gasteiger partial charge in [0.2, 0.25) is 5.91 Å². The first kappa shape index (κ1) is 32.5. The predicted molar refractivity (Wildman–Crippen MR) is 171 cm³/mol. The summed E-state index contributed by atoms with van der Waals surface area (Å²) in [5.41, 5.74) is 1.37. The fourth-order valence-corrected chi connectivity index (χ4v) is 6.43. The Kier molecular flexibility index (Phi) is 11.6. The van der Waals surface area contributed by atoms with E-state index < -0.39 is 17.7 Å². The van der Waals surface area contributed by atoms with Crippen molar-refractivity contribution in [2.75, 3.05) is 19.7 Å². The lowest BCUT2D eigenvalue weighted by Crippen LogP contribution is -2.60. The average molecular weight is 605 g/mol. The third kappa shape index (κ3) is 9.81. The highest BCUT2D eigenvalue weighted by atomic mass is 32.2. The number of aliphatic hydroxyl groups excluding tert-OH is 1. The van der Waals surface area contributed by atoms with Crippen LogP contribution in [-0.2, 0) is 16.0 Å². The third-order valence-corrected chi connectivity index (χ3v) is 8.92. The van der Waals surface area contributed by atoms with E-state index in [9.17, 15) is 14.7 Å². The number of thioether (sulfide) groups is 1. The molecule has 3 N–H and O–H groups in total. The predicted octanol–water partition coefficient (Wildman–Crippen LogP) is 4.40. The fraction of sp³-hybridized carbons (Fsp3) is 0.441. The van der Waals surface area contributed by atoms with Crippen LogP contribution >= 0.6 is 11.8 Å². The minimum atomic E-state index is -1.00. The van der Waals surface area contributed by atoms with Crippen molar-refractivity contribution in [3.63, 3.8) is 0 Å². The molecule has 8 nitrogen and oxygen atoms in total. The molecule has 1 aliphatic rings. The number of rotatable bonds is 12. The Labute approximate surface area is 259 Å². The highest BCUT2D eigenvalue weighted by Crippen LogP contribution is 2.31. The Morgan fingerprint density at radius 3 is 2.49 bits per heavy atom. The van der Waals surface area contributed by atoms with E-state index in [2.05, 4.69) is 15.6 Å². The van der Waals surface area contributed by atoms with Crippen LogP contribution in [0.3, 0.4) is 0 Å². The van der Waals surface area contributed by atoms with E-state index >= 15 is 0 Å². The van der Waals surface area contributed by atoms with E-state index in [1.165, 1.54) is 0 Å². The van der Waals surface area contributed by atoms with E-state index in [0.29, 0.717) is 23.8 Å². The number of benzene rings is 2. The first-order valence-electron chi connectivity index (χ1n) is 14.9. The van der Waals surface area contributed by atoms with Gasteiger partial charge in [0.05, 0.1) is 18.2 Å². The summed E-state index contributed by atoms with van der Waals surface area (Å²) in [7, 11) is 0. The quantitative estimate of drug-likeness (QED) is 0.282. The minimum Gasteiger partial charge on any atom is -0.484 e. The van der Waals surface area contributed by atoms with E-state index in [-0.39, 0.29) is 31.0 Å². The van der Waals surface area contributed by atoms with Crippen LogP contribution in [0, 0.1) is 6.92 Å². The zero-order valence-electron chi connectivity index (χ0n) is 25.5. The molecule has 2 aromatic carbocycles. The van der Waals surface area contributed by atoms with Crippen LogP contribution in [-0.4, -0.2) is 75.5 Å². The van der Waals surface area contributed by atoms with E-state index in [1.54, 1.807) is 29.1 Å². The number of piperidine rings is 1. The van der Waals surface area contributed by atoms with Crippen molar-refractivity contribution in [2.24, 2.45) is 0 Å². The SMILES string of the molecule is Cc1ccccc1OCC(=O)N[C@@H](Cc1ccccc1)[C@H](O)CN(C(=O)[C@@H]1C[C@H](Sc2ccncc2)CCN1)C(C)(C)C. The standard InChI is InChI=1S/C34H44N4O4S/c1-24-10-8-9-13-31(24)42-23-32(40)37-28(20-25-11-6-5-7-12-25)30(39)22-38(34(2,3)4)33(41)29-21-27(16-19-36-29)43-26-14-17-35-18-15-26/h5-15,17-18,27-30,36,39H,16,19-23H2,1-4H3,(H,37,40)/t27-,28+,29+,30-/m1/s1. The number of ether oxygens (including phenoxy) is 1. The van der Waals surface area contributed by atoms with Gasteiger partial charge in [0, 0.05) is 34.6 Å². The highest BCUT2D eigenvalue weighted by molar-refractivity contribution is 8.00.